The van der Waals surface area contributed by atoms with Crippen molar-refractivity contribution in [1.82, 2.24) is 10.6 Å². The minimum absolute atomic E-state index is 0.0554. The molecule has 0 radical (unpaired) electrons. The van der Waals surface area contributed by atoms with Gasteiger partial charge in [0, 0.05) is 13.0 Å². The Bertz CT molecular complexity index is 335. The molecule has 0 aromatic heterocycles. The number of allylic oxidation sites excluding steroid dienone is 1. The van der Waals surface area contributed by atoms with E-state index in [1.165, 1.54) is 31.3 Å². The van der Waals surface area contributed by atoms with E-state index < -0.39 is 0 Å². The van der Waals surface area contributed by atoms with E-state index in [9.17, 15) is 9.59 Å². The van der Waals surface area contributed by atoms with Crippen LogP contribution in [0.2, 0.25) is 0 Å². The van der Waals surface area contributed by atoms with E-state index in [-0.39, 0.29) is 18.4 Å². The SMILES string of the molecule is CC(C)CC(=O)NCC(=O)NCCC1=CCCCC1. The molecule has 2 amide bonds. The van der Waals surface area contributed by atoms with Gasteiger partial charge in [-0.25, -0.2) is 0 Å². The van der Waals surface area contributed by atoms with Gasteiger partial charge in [-0.05, 0) is 38.0 Å². The van der Waals surface area contributed by atoms with Crippen LogP contribution in [0.5, 0.6) is 0 Å². The zero-order chi connectivity index (χ0) is 14.1. The highest BCUT2D eigenvalue weighted by atomic mass is 16.2. The maximum atomic E-state index is 11.5. The molecule has 0 atom stereocenters. The second kappa shape index (κ2) is 8.73. The molecule has 0 heterocycles. The Hall–Kier alpha value is -1.32. The van der Waals surface area contributed by atoms with E-state index in [4.69, 9.17) is 0 Å². The number of carbonyl (C=O) groups is 2. The van der Waals surface area contributed by atoms with Gasteiger partial charge in [0.15, 0.2) is 0 Å². The lowest BCUT2D eigenvalue weighted by Crippen LogP contribution is -2.37. The Morgan fingerprint density at radius 1 is 1.21 bits per heavy atom. The van der Waals surface area contributed by atoms with Crippen molar-refractivity contribution in [3.05, 3.63) is 11.6 Å². The molecule has 1 aliphatic carbocycles. The van der Waals surface area contributed by atoms with Crippen LogP contribution in [0.15, 0.2) is 11.6 Å². The van der Waals surface area contributed by atoms with Crippen LogP contribution >= 0.6 is 0 Å². The largest absolute Gasteiger partial charge is 0.354 e. The molecule has 1 rings (SSSR count). The van der Waals surface area contributed by atoms with Gasteiger partial charge >= 0.3 is 0 Å². The lowest BCUT2D eigenvalue weighted by atomic mass is 9.97. The second-order valence-electron chi connectivity index (χ2n) is 5.58. The number of rotatable bonds is 7. The van der Waals surface area contributed by atoms with Crippen molar-refractivity contribution in [1.29, 1.82) is 0 Å². The minimum atomic E-state index is -0.103. The van der Waals surface area contributed by atoms with Crippen LogP contribution in [0, 0.1) is 5.92 Å². The molecule has 0 saturated carbocycles. The van der Waals surface area contributed by atoms with Crippen molar-refractivity contribution in [2.45, 2.75) is 52.4 Å². The zero-order valence-corrected chi connectivity index (χ0v) is 12.1. The first kappa shape index (κ1) is 15.7. The first-order valence-corrected chi connectivity index (χ1v) is 7.29. The highest BCUT2D eigenvalue weighted by Gasteiger charge is 2.08. The lowest BCUT2D eigenvalue weighted by molar-refractivity contribution is -0.126. The Kier molecular flexibility index (Phi) is 7.23. The second-order valence-corrected chi connectivity index (χ2v) is 5.58. The zero-order valence-electron chi connectivity index (χ0n) is 12.1. The van der Waals surface area contributed by atoms with Crippen molar-refractivity contribution in [2.75, 3.05) is 13.1 Å². The van der Waals surface area contributed by atoms with Crippen LogP contribution < -0.4 is 10.6 Å². The molecule has 4 heteroatoms. The van der Waals surface area contributed by atoms with Crippen molar-refractivity contribution in [3.8, 4) is 0 Å². The molecule has 0 unspecified atom stereocenters. The summed E-state index contributed by atoms with van der Waals surface area (Å²) in [4.78, 5) is 22.9. The van der Waals surface area contributed by atoms with E-state index in [0.717, 1.165) is 6.42 Å². The summed E-state index contributed by atoms with van der Waals surface area (Å²) in [5.74, 6) is 0.162. The van der Waals surface area contributed by atoms with E-state index in [1.54, 1.807) is 0 Å². The summed E-state index contributed by atoms with van der Waals surface area (Å²) in [5.41, 5.74) is 1.45. The lowest BCUT2D eigenvalue weighted by Gasteiger charge is -2.13. The van der Waals surface area contributed by atoms with Crippen LogP contribution in [0.4, 0.5) is 0 Å². The fraction of sp³-hybridized carbons (Fsp3) is 0.733. The number of hydrogen-bond donors (Lipinski definition) is 2. The summed E-state index contributed by atoms with van der Waals surface area (Å²) in [5, 5.41) is 5.48. The molecule has 1 aliphatic rings. The van der Waals surface area contributed by atoms with Gasteiger partial charge in [-0.3, -0.25) is 9.59 Å². The molecule has 2 N–H and O–H groups in total. The van der Waals surface area contributed by atoms with Gasteiger partial charge in [-0.15, -0.1) is 0 Å². The Morgan fingerprint density at radius 3 is 2.63 bits per heavy atom. The maximum Gasteiger partial charge on any atom is 0.239 e. The van der Waals surface area contributed by atoms with Crippen LogP contribution in [0.25, 0.3) is 0 Å². The fourth-order valence-corrected chi connectivity index (χ4v) is 2.18. The quantitative estimate of drug-likeness (QED) is 0.694. The Labute approximate surface area is 116 Å². The third-order valence-corrected chi connectivity index (χ3v) is 3.19. The van der Waals surface area contributed by atoms with Gasteiger partial charge in [0.1, 0.15) is 0 Å². The molecule has 0 fully saturated rings. The van der Waals surface area contributed by atoms with Crippen molar-refractivity contribution >= 4 is 11.8 Å². The molecule has 0 aliphatic heterocycles. The Morgan fingerprint density at radius 2 is 2.00 bits per heavy atom. The molecule has 108 valence electrons. The molecular formula is C15H26N2O2. The molecule has 0 spiro atoms. The average molecular weight is 266 g/mol. The number of amides is 2. The first-order valence-electron chi connectivity index (χ1n) is 7.29. The summed E-state index contributed by atoms with van der Waals surface area (Å²) < 4.78 is 0. The highest BCUT2D eigenvalue weighted by Crippen LogP contribution is 2.19. The molecule has 0 bridgehead atoms. The van der Waals surface area contributed by atoms with Gasteiger partial charge < -0.3 is 10.6 Å². The van der Waals surface area contributed by atoms with Gasteiger partial charge in [0.2, 0.25) is 11.8 Å². The van der Waals surface area contributed by atoms with Gasteiger partial charge in [0.25, 0.3) is 0 Å². The van der Waals surface area contributed by atoms with E-state index in [1.807, 2.05) is 13.8 Å². The maximum absolute atomic E-state index is 11.5. The summed E-state index contributed by atoms with van der Waals surface area (Å²) in [7, 11) is 0. The summed E-state index contributed by atoms with van der Waals surface area (Å²) >= 11 is 0. The molecule has 0 saturated heterocycles. The standard InChI is InChI=1S/C15H26N2O2/c1-12(2)10-14(18)17-11-15(19)16-9-8-13-6-4-3-5-7-13/h6,12H,3-5,7-11H2,1-2H3,(H,16,19)(H,17,18). The number of nitrogens with one attached hydrogen (secondary N) is 2. The minimum Gasteiger partial charge on any atom is -0.354 e. The summed E-state index contributed by atoms with van der Waals surface area (Å²) in [6, 6.07) is 0. The molecule has 19 heavy (non-hydrogen) atoms. The normalized spacial score (nSPS) is 15.0. The smallest absolute Gasteiger partial charge is 0.239 e. The first-order chi connectivity index (χ1) is 9.08. The Balaban J connectivity index is 2.07. The van der Waals surface area contributed by atoms with Crippen LogP contribution in [0.1, 0.15) is 52.4 Å². The van der Waals surface area contributed by atoms with Crippen molar-refractivity contribution in [3.63, 3.8) is 0 Å². The summed E-state index contributed by atoms with van der Waals surface area (Å²) in [6.45, 7) is 4.73. The predicted molar refractivity (Wildman–Crippen MR) is 76.6 cm³/mol. The fourth-order valence-electron chi connectivity index (χ4n) is 2.18. The molecule has 0 aromatic rings. The van der Waals surface area contributed by atoms with E-state index in [2.05, 4.69) is 16.7 Å². The third-order valence-electron chi connectivity index (χ3n) is 3.19. The van der Waals surface area contributed by atoms with Crippen molar-refractivity contribution in [2.24, 2.45) is 5.92 Å². The third kappa shape index (κ3) is 7.65. The van der Waals surface area contributed by atoms with Gasteiger partial charge in [-0.2, -0.15) is 0 Å². The van der Waals surface area contributed by atoms with Crippen LogP contribution in [0.3, 0.4) is 0 Å². The van der Waals surface area contributed by atoms with Crippen LogP contribution in [-0.4, -0.2) is 24.9 Å². The number of carbonyl (C=O) groups excluding carboxylic acids is 2. The van der Waals surface area contributed by atoms with E-state index in [0.29, 0.717) is 18.9 Å². The molecule has 4 nitrogen and oxygen atoms in total. The number of hydrogen-bond acceptors (Lipinski definition) is 2. The molecule has 0 aromatic carbocycles. The van der Waals surface area contributed by atoms with Gasteiger partial charge in [0.05, 0.1) is 6.54 Å². The summed E-state index contributed by atoms with van der Waals surface area (Å²) in [6.07, 6.45) is 8.60. The monoisotopic (exact) mass is 266 g/mol. The van der Waals surface area contributed by atoms with Crippen LogP contribution in [-0.2, 0) is 9.59 Å². The highest BCUT2D eigenvalue weighted by molar-refractivity contribution is 5.84. The average Bonchev–Trinajstić information content (AvgIpc) is 2.37. The predicted octanol–water partition coefficient (Wildman–Crippen LogP) is 2.16. The van der Waals surface area contributed by atoms with E-state index >= 15 is 0 Å². The van der Waals surface area contributed by atoms with Crippen molar-refractivity contribution < 1.29 is 9.59 Å². The topological polar surface area (TPSA) is 58.2 Å². The molecular weight excluding hydrogens is 240 g/mol. The van der Waals surface area contributed by atoms with Gasteiger partial charge in [-0.1, -0.05) is 25.5 Å².